The maximum Gasteiger partial charge on any atom is 0.0283 e. The van der Waals surface area contributed by atoms with Crippen LogP contribution in [0.3, 0.4) is 0 Å². The lowest BCUT2D eigenvalue weighted by molar-refractivity contribution is 0.127. The molecule has 2 N–H and O–H groups in total. The molecule has 0 aromatic rings. The second-order valence-electron chi connectivity index (χ2n) is 7.51. The first-order valence-electron chi connectivity index (χ1n) is 8.37. The first kappa shape index (κ1) is 13.8. The zero-order valence-electron chi connectivity index (χ0n) is 12.6. The van der Waals surface area contributed by atoms with Gasteiger partial charge >= 0.3 is 0 Å². The molecule has 3 nitrogen and oxygen atoms in total. The van der Waals surface area contributed by atoms with E-state index in [1.165, 1.54) is 71.2 Å². The molecular weight excluding hydrogens is 234 g/mol. The minimum Gasteiger partial charge on any atom is -0.324 e. The molecule has 3 aliphatic rings. The molecule has 0 radical (unpaired) electrons. The van der Waals surface area contributed by atoms with E-state index in [-0.39, 0.29) is 5.54 Å². The Balaban J connectivity index is 1.39. The lowest BCUT2D eigenvalue weighted by Gasteiger charge is -2.38. The molecule has 2 heterocycles. The maximum absolute atomic E-state index is 6.47. The van der Waals surface area contributed by atoms with Crippen molar-refractivity contribution in [2.24, 2.45) is 17.6 Å². The number of rotatable bonds is 5. The first-order valence-corrected chi connectivity index (χ1v) is 8.37. The maximum atomic E-state index is 6.47. The Bertz CT molecular complexity index is 284. The average molecular weight is 265 g/mol. The molecule has 2 saturated heterocycles. The average Bonchev–Trinajstić information content (AvgIpc) is 3.13. The minimum atomic E-state index is 0.0712. The standard InChI is InChI=1S/C16H31N3/c1-16(17,15-4-5-15)13-19-10-6-14(7-11-19)12-18-8-2-3-9-18/h14-15H,2-13,17H2,1H3. The summed E-state index contributed by atoms with van der Waals surface area (Å²) in [6, 6.07) is 0. The highest BCUT2D eigenvalue weighted by atomic mass is 15.2. The van der Waals surface area contributed by atoms with Crippen LogP contribution in [0.15, 0.2) is 0 Å². The van der Waals surface area contributed by atoms with Gasteiger partial charge in [-0.2, -0.15) is 0 Å². The molecule has 0 amide bonds. The number of nitrogens with zero attached hydrogens (tertiary/aromatic N) is 2. The summed E-state index contributed by atoms with van der Waals surface area (Å²) in [6.45, 7) is 9.99. The fourth-order valence-corrected chi connectivity index (χ4v) is 4.01. The molecule has 110 valence electrons. The summed E-state index contributed by atoms with van der Waals surface area (Å²) in [4.78, 5) is 5.30. The third-order valence-corrected chi connectivity index (χ3v) is 5.50. The van der Waals surface area contributed by atoms with Crippen molar-refractivity contribution in [3.63, 3.8) is 0 Å². The molecule has 3 rings (SSSR count). The van der Waals surface area contributed by atoms with Crippen LogP contribution in [-0.2, 0) is 0 Å². The number of hydrogen-bond acceptors (Lipinski definition) is 3. The summed E-state index contributed by atoms with van der Waals surface area (Å²) in [5.41, 5.74) is 6.54. The Labute approximate surface area is 118 Å². The zero-order chi connectivity index (χ0) is 13.3. The Morgan fingerprint density at radius 3 is 2.16 bits per heavy atom. The number of nitrogens with two attached hydrogens (primary N) is 1. The summed E-state index contributed by atoms with van der Waals surface area (Å²) in [5, 5.41) is 0. The van der Waals surface area contributed by atoms with E-state index in [0.717, 1.165) is 18.4 Å². The van der Waals surface area contributed by atoms with Crippen LogP contribution in [-0.4, -0.2) is 54.6 Å². The second-order valence-corrected chi connectivity index (χ2v) is 7.51. The predicted octanol–water partition coefficient (Wildman–Crippen LogP) is 1.92. The Morgan fingerprint density at radius 1 is 0.947 bits per heavy atom. The van der Waals surface area contributed by atoms with E-state index < -0.39 is 0 Å². The monoisotopic (exact) mass is 265 g/mol. The van der Waals surface area contributed by atoms with Crippen molar-refractivity contribution in [2.75, 3.05) is 39.3 Å². The number of hydrogen-bond donors (Lipinski definition) is 1. The molecule has 0 aromatic carbocycles. The van der Waals surface area contributed by atoms with Gasteiger partial charge in [-0.1, -0.05) is 0 Å². The van der Waals surface area contributed by atoms with Crippen LogP contribution in [0.1, 0.15) is 45.4 Å². The molecule has 19 heavy (non-hydrogen) atoms. The van der Waals surface area contributed by atoms with Crippen molar-refractivity contribution in [2.45, 2.75) is 51.0 Å². The summed E-state index contributed by atoms with van der Waals surface area (Å²) in [7, 11) is 0. The highest BCUT2D eigenvalue weighted by Crippen LogP contribution is 2.38. The van der Waals surface area contributed by atoms with E-state index in [1.54, 1.807) is 0 Å². The van der Waals surface area contributed by atoms with Gasteiger partial charge in [-0.15, -0.1) is 0 Å². The van der Waals surface area contributed by atoms with Gasteiger partial charge in [0, 0.05) is 18.6 Å². The SMILES string of the molecule is CC(N)(CN1CCC(CN2CCCC2)CC1)C1CC1. The molecule has 1 atom stereocenters. The predicted molar refractivity (Wildman–Crippen MR) is 80.2 cm³/mol. The van der Waals surface area contributed by atoms with E-state index in [0.29, 0.717) is 0 Å². The zero-order valence-corrected chi connectivity index (χ0v) is 12.6. The lowest BCUT2D eigenvalue weighted by atomic mass is 9.92. The molecule has 3 fully saturated rings. The lowest BCUT2D eigenvalue weighted by Crippen LogP contribution is -2.51. The molecule has 1 saturated carbocycles. The van der Waals surface area contributed by atoms with Gasteiger partial charge in [0.15, 0.2) is 0 Å². The van der Waals surface area contributed by atoms with Crippen molar-refractivity contribution >= 4 is 0 Å². The smallest absolute Gasteiger partial charge is 0.0283 e. The second kappa shape index (κ2) is 5.71. The number of piperidine rings is 1. The molecule has 1 aliphatic carbocycles. The third kappa shape index (κ3) is 3.71. The van der Waals surface area contributed by atoms with E-state index in [2.05, 4.69) is 16.7 Å². The van der Waals surface area contributed by atoms with Crippen LogP contribution >= 0.6 is 0 Å². The van der Waals surface area contributed by atoms with Crippen molar-refractivity contribution in [1.29, 1.82) is 0 Å². The van der Waals surface area contributed by atoms with Crippen LogP contribution in [0.2, 0.25) is 0 Å². The van der Waals surface area contributed by atoms with Gasteiger partial charge in [-0.3, -0.25) is 0 Å². The van der Waals surface area contributed by atoms with Crippen molar-refractivity contribution in [1.82, 2.24) is 9.80 Å². The van der Waals surface area contributed by atoms with E-state index >= 15 is 0 Å². The van der Waals surface area contributed by atoms with Gasteiger partial charge < -0.3 is 15.5 Å². The Hall–Kier alpha value is -0.120. The van der Waals surface area contributed by atoms with Gasteiger partial charge in [0.25, 0.3) is 0 Å². The molecule has 0 bridgehead atoms. The topological polar surface area (TPSA) is 32.5 Å². The Morgan fingerprint density at radius 2 is 1.58 bits per heavy atom. The molecular formula is C16H31N3. The highest BCUT2D eigenvalue weighted by molar-refractivity contribution is 4.97. The van der Waals surface area contributed by atoms with E-state index in [9.17, 15) is 0 Å². The van der Waals surface area contributed by atoms with Crippen LogP contribution in [0.5, 0.6) is 0 Å². The van der Waals surface area contributed by atoms with Gasteiger partial charge in [-0.05, 0) is 83.5 Å². The van der Waals surface area contributed by atoms with Gasteiger partial charge in [0.1, 0.15) is 0 Å². The van der Waals surface area contributed by atoms with Gasteiger partial charge in [-0.25, -0.2) is 0 Å². The van der Waals surface area contributed by atoms with Crippen molar-refractivity contribution in [3.05, 3.63) is 0 Å². The molecule has 1 unspecified atom stereocenters. The normalized spacial score (nSPS) is 30.6. The summed E-state index contributed by atoms with van der Waals surface area (Å²) < 4.78 is 0. The fourth-order valence-electron chi connectivity index (χ4n) is 4.01. The number of likely N-dealkylation sites (tertiary alicyclic amines) is 2. The van der Waals surface area contributed by atoms with Crippen LogP contribution in [0.25, 0.3) is 0 Å². The van der Waals surface area contributed by atoms with Crippen LogP contribution in [0.4, 0.5) is 0 Å². The molecule has 0 aromatic heterocycles. The molecule has 2 aliphatic heterocycles. The quantitative estimate of drug-likeness (QED) is 0.824. The summed E-state index contributed by atoms with van der Waals surface area (Å²) in [6.07, 6.45) is 8.34. The van der Waals surface area contributed by atoms with E-state index in [1.807, 2.05) is 0 Å². The van der Waals surface area contributed by atoms with Crippen LogP contribution < -0.4 is 5.73 Å². The first-order chi connectivity index (χ1) is 9.13. The van der Waals surface area contributed by atoms with Gasteiger partial charge in [0.05, 0.1) is 0 Å². The highest BCUT2D eigenvalue weighted by Gasteiger charge is 2.39. The fraction of sp³-hybridized carbons (Fsp3) is 1.00. The van der Waals surface area contributed by atoms with Crippen molar-refractivity contribution < 1.29 is 0 Å². The van der Waals surface area contributed by atoms with Gasteiger partial charge in [0.2, 0.25) is 0 Å². The third-order valence-electron chi connectivity index (χ3n) is 5.50. The largest absolute Gasteiger partial charge is 0.324 e. The minimum absolute atomic E-state index is 0.0712. The van der Waals surface area contributed by atoms with Crippen molar-refractivity contribution in [3.8, 4) is 0 Å². The summed E-state index contributed by atoms with van der Waals surface area (Å²) in [5.74, 6) is 1.74. The van der Waals surface area contributed by atoms with Crippen LogP contribution in [0, 0.1) is 11.8 Å². The van der Waals surface area contributed by atoms with E-state index in [4.69, 9.17) is 5.73 Å². The Kier molecular flexibility index (Phi) is 4.16. The molecule has 3 heteroatoms. The summed E-state index contributed by atoms with van der Waals surface area (Å²) >= 11 is 0. The molecule has 0 spiro atoms.